The number of pyridine rings is 1. The highest BCUT2D eigenvalue weighted by molar-refractivity contribution is 8.00. The zero-order valence-corrected chi connectivity index (χ0v) is 17.4. The molecule has 4 rings (SSSR count). The monoisotopic (exact) mass is 478 g/mol. The second-order valence-electron chi connectivity index (χ2n) is 6.83. The number of nitrogens with one attached hydrogen (secondary N) is 2. The second-order valence-corrected chi connectivity index (χ2v) is 8.60. The van der Waals surface area contributed by atoms with Crippen molar-refractivity contribution in [2.75, 3.05) is 30.0 Å². The number of fused-ring (bicyclic) bond motifs is 1. The van der Waals surface area contributed by atoms with Crippen molar-refractivity contribution >= 4 is 46.6 Å². The average molecular weight is 479 g/mol. The number of ether oxygens (including phenoxy) is 3. The highest BCUT2D eigenvalue weighted by atomic mass is 35.5. The van der Waals surface area contributed by atoms with Crippen LogP contribution in [0.25, 0.3) is 0 Å². The number of aromatic amines is 1. The van der Waals surface area contributed by atoms with E-state index in [4.69, 9.17) is 32.7 Å². The summed E-state index contributed by atoms with van der Waals surface area (Å²) in [6, 6.07) is 2.45. The Bertz CT molecular complexity index is 1060. The van der Waals surface area contributed by atoms with Crippen LogP contribution in [0.2, 0.25) is 10.0 Å². The Morgan fingerprint density at radius 3 is 2.57 bits per heavy atom. The summed E-state index contributed by atoms with van der Waals surface area (Å²) in [5.41, 5.74) is -1.00. The fraction of sp³-hybridized carbons (Fsp3) is 0.333. The summed E-state index contributed by atoms with van der Waals surface area (Å²) in [4.78, 5) is 27.0. The van der Waals surface area contributed by atoms with E-state index in [1.807, 2.05) is 0 Å². The van der Waals surface area contributed by atoms with E-state index < -0.39 is 18.1 Å². The molecule has 0 unspecified atom stereocenters. The molecule has 1 aromatic heterocycles. The number of carbonyl (C=O) groups excluding carboxylic acids is 1. The molecule has 3 heterocycles. The Balaban J connectivity index is 1.71. The molecule has 160 valence electrons. The summed E-state index contributed by atoms with van der Waals surface area (Å²) in [7, 11) is 0. The van der Waals surface area contributed by atoms with Gasteiger partial charge < -0.3 is 24.5 Å². The van der Waals surface area contributed by atoms with Crippen molar-refractivity contribution in [3.8, 4) is 17.2 Å². The number of H-pyrrole nitrogens is 1. The second kappa shape index (κ2) is 8.16. The number of rotatable bonds is 4. The first kappa shape index (κ1) is 21.1. The SMILES string of the molecule is O=C(Nc1c(Cl)c[nH]c(=O)c1Cl)c1ccc(OC(F)F)c2c1OCC1(CO2)CSC1. The molecule has 1 spiro atoms. The van der Waals surface area contributed by atoms with Crippen LogP contribution in [0.1, 0.15) is 10.4 Å². The van der Waals surface area contributed by atoms with Crippen LogP contribution in [0.5, 0.6) is 17.2 Å². The largest absolute Gasteiger partial charge is 0.488 e. The van der Waals surface area contributed by atoms with Crippen molar-refractivity contribution in [1.82, 2.24) is 4.98 Å². The van der Waals surface area contributed by atoms with Crippen molar-refractivity contribution in [3.63, 3.8) is 0 Å². The molecule has 0 bridgehead atoms. The molecule has 2 aromatic rings. The van der Waals surface area contributed by atoms with Crippen molar-refractivity contribution in [2.24, 2.45) is 5.41 Å². The van der Waals surface area contributed by atoms with Crippen LogP contribution < -0.4 is 25.1 Å². The third-order valence-corrected chi connectivity index (χ3v) is 6.92. The molecule has 1 amide bonds. The van der Waals surface area contributed by atoms with Crippen LogP contribution >= 0.6 is 35.0 Å². The zero-order valence-electron chi connectivity index (χ0n) is 15.1. The van der Waals surface area contributed by atoms with E-state index in [0.717, 1.165) is 11.5 Å². The average Bonchev–Trinajstić information content (AvgIpc) is 2.89. The molecule has 2 N–H and O–H groups in total. The molecule has 1 saturated heterocycles. The number of alkyl halides is 2. The highest BCUT2D eigenvalue weighted by Gasteiger charge is 2.43. The number of anilines is 1. The lowest BCUT2D eigenvalue weighted by atomic mass is 9.94. The normalized spacial score (nSPS) is 16.7. The number of hydrogen-bond acceptors (Lipinski definition) is 6. The maximum Gasteiger partial charge on any atom is 0.387 e. The maximum absolute atomic E-state index is 12.9. The van der Waals surface area contributed by atoms with Gasteiger partial charge in [-0.15, -0.1) is 0 Å². The van der Waals surface area contributed by atoms with E-state index >= 15 is 0 Å². The zero-order chi connectivity index (χ0) is 21.5. The lowest BCUT2D eigenvalue weighted by molar-refractivity contribution is -0.0516. The van der Waals surface area contributed by atoms with Gasteiger partial charge in [0.15, 0.2) is 11.5 Å². The molecule has 0 aliphatic carbocycles. The molecule has 0 atom stereocenters. The van der Waals surface area contributed by atoms with Gasteiger partial charge >= 0.3 is 6.61 Å². The van der Waals surface area contributed by atoms with Crippen LogP contribution in [0.4, 0.5) is 14.5 Å². The molecule has 2 aliphatic heterocycles. The summed E-state index contributed by atoms with van der Waals surface area (Å²) in [6.07, 6.45) is 1.18. The molecule has 0 saturated carbocycles. The number of hydrogen-bond donors (Lipinski definition) is 2. The van der Waals surface area contributed by atoms with Gasteiger partial charge in [0.2, 0.25) is 5.75 Å². The van der Waals surface area contributed by atoms with Crippen LogP contribution in [-0.2, 0) is 0 Å². The van der Waals surface area contributed by atoms with Crippen molar-refractivity contribution < 1.29 is 27.8 Å². The Morgan fingerprint density at radius 2 is 1.93 bits per heavy atom. The Hall–Kier alpha value is -2.17. The summed E-state index contributed by atoms with van der Waals surface area (Å²) >= 11 is 13.7. The van der Waals surface area contributed by atoms with Crippen molar-refractivity contribution in [2.45, 2.75) is 6.61 Å². The maximum atomic E-state index is 12.9. The minimum absolute atomic E-state index is 0.0111. The molecule has 12 heteroatoms. The number of benzene rings is 1. The lowest BCUT2D eigenvalue weighted by Gasteiger charge is -2.38. The quantitative estimate of drug-likeness (QED) is 0.689. The number of halogens is 4. The fourth-order valence-corrected chi connectivity index (χ4v) is 4.58. The molecule has 30 heavy (non-hydrogen) atoms. The van der Waals surface area contributed by atoms with Gasteiger partial charge in [-0.2, -0.15) is 20.5 Å². The van der Waals surface area contributed by atoms with Gasteiger partial charge in [-0.1, -0.05) is 23.2 Å². The number of amides is 1. The first-order valence-corrected chi connectivity index (χ1v) is 10.5. The standard InChI is InChI=1S/C18H14Cl2F2N2O5S/c19-9-3-23-16(26)11(20)12(9)24-15(25)8-1-2-10(29-17(21)22)14-13(8)27-4-18(5-28-14)6-30-7-18/h1-3,17H,4-7H2,(H2,23,24,25,26). The first-order chi connectivity index (χ1) is 14.3. The van der Waals surface area contributed by atoms with Gasteiger partial charge in [0.1, 0.15) is 5.02 Å². The van der Waals surface area contributed by atoms with Gasteiger partial charge in [-0.05, 0) is 12.1 Å². The predicted molar refractivity (Wildman–Crippen MR) is 109 cm³/mol. The lowest BCUT2D eigenvalue weighted by Crippen LogP contribution is -2.45. The minimum atomic E-state index is -3.08. The molecule has 0 radical (unpaired) electrons. The Kier molecular flexibility index (Phi) is 5.73. The van der Waals surface area contributed by atoms with Gasteiger partial charge in [0, 0.05) is 17.7 Å². The number of thioether (sulfide) groups is 1. The Morgan fingerprint density at radius 1 is 1.23 bits per heavy atom. The Labute approximate surface area is 183 Å². The van der Waals surface area contributed by atoms with E-state index in [9.17, 15) is 18.4 Å². The number of aromatic nitrogens is 1. The van der Waals surface area contributed by atoms with Crippen molar-refractivity contribution in [3.05, 3.63) is 44.3 Å². The summed E-state index contributed by atoms with van der Waals surface area (Å²) < 4.78 is 41.8. The van der Waals surface area contributed by atoms with Crippen LogP contribution in [0.15, 0.2) is 23.1 Å². The van der Waals surface area contributed by atoms with Gasteiger partial charge in [-0.25, -0.2) is 0 Å². The third-order valence-electron chi connectivity index (χ3n) is 4.62. The topological polar surface area (TPSA) is 89.7 Å². The van der Waals surface area contributed by atoms with Crippen LogP contribution in [-0.4, -0.2) is 42.2 Å². The molecular formula is C18H14Cl2F2N2O5S. The molecule has 1 fully saturated rings. The van der Waals surface area contributed by atoms with Gasteiger partial charge in [0.25, 0.3) is 11.5 Å². The van der Waals surface area contributed by atoms with E-state index in [2.05, 4.69) is 15.0 Å². The molecular weight excluding hydrogens is 465 g/mol. The third kappa shape index (κ3) is 3.91. The summed E-state index contributed by atoms with van der Waals surface area (Å²) in [5, 5.41) is 2.17. The smallest absolute Gasteiger partial charge is 0.387 e. The van der Waals surface area contributed by atoms with E-state index in [-0.39, 0.29) is 57.2 Å². The first-order valence-electron chi connectivity index (χ1n) is 8.63. The summed E-state index contributed by atoms with van der Waals surface area (Å²) in [6.45, 7) is -2.59. The fourth-order valence-electron chi connectivity index (χ4n) is 3.02. The predicted octanol–water partition coefficient (Wildman–Crippen LogP) is 4.04. The molecule has 7 nitrogen and oxygen atoms in total. The van der Waals surface area contributed by atoms with Gasteiger partial charge in [0.05, 0.1) is 34.9 Å². The summed E-state index contributed by atoms with van der Waals surface area (Å²) in [5.74, 6) is 0.493. The molecule has 2 aliphatic rings. The van der Waals surface area contributed by atoms with Gasteiger partial charge in [-0.3, -0.25) is 9.59 Å². The highest BCUT2D eigenvalue weighted by Crippen LogP contribution is 2.48. The van der Waals surface area contributed by atoms with Crippen molar-refractivity contribution in [1.29, 1.82) is 0 Å². The van der Waals surface area contributed by atoms with Crippen LogP contribution in [0.3, 0.4) is 0 Å². The van der Waals surface area contributed by atoms with E-state index in [1.54, 1.807) is 11.8 Å². The number of carbonyl (C=O) groups is 1. The van der Waals surface area contributed by atoms with E-state index in [0.29, 0.717) is 0 Å². The van der Waals surface area contributed by atoms with E-state index in [1.165, 1.54) is 18.3 Å². The molecule has 1 aromatic carbocycles. The minimum Gasteiger partial charge on any atom is -0.488 e. The van der Waals surface area contributed by atoms with Crippen LogP contribution in [0, 0.1) is 5.41 Å².